The number of carbonyl (C=O) groups excluding carboxylic acids is 1. The molecule has 2 aromatic heterocycles. The van der Waals surface area contributed by atoms with Gasteiger partial charge in [-0.15, -0.1) is 5.10 Å². The first-order chi connectivity index (χ1) is 14.0. The number of benzene rings is 1. The molecule has 1 fully saturated rings. The molecular formula is C19H24N8O2. The van der Waals surface area contributed by atoms with E-state index in [1.807, 2.05) is 30.9 Å². The van der Waals surface area contributed by atoms with E-state index in [-0.39, 0.29) is 23.6 Å². The Bertz CT molecular complexity index is 1070. The number of rotatable bonds is 4. The van der Waals surface area contributed by atoms with Crippen LogP contribution in [0.5, 0.6) is 0 Å². The van der Waals surface area contributed by atoms with Gasteiger partial charge >= 0.3 is 5.69 Å². The summed E-state index contributed by atoms with van der Waals surface area (Å²) in [6.07, 6.45) is 3.26. The molecule has 1 aliphatic rings. The molecule has 10 heteroatoms. The topological polar surface area (TPSA) is 104 Å². The summed E-state index contributed by atoms with van der Waals surface area (Å²) >= 11 is 0. The van der Waals surface area contributed by atoms with Gasteiger partial charge in [-0.25, -0.2) is 14.2 Å². The Morgan fingerprint density at radius 3 is 2.83 bits per heavy atom. The monoisotopic (exact) mass is 396 g/mol. The third kappa shape index (κ3) is 3.57. The van der Waals surface area contributed by atoms with E-state index in [4.69, 9.17) is 0 Å². The summed E-state index contributed by atoms with van der Waals surface area (Å²) in [6.45, 7) is 5.17. The van der Waals surface area contributed by atoms with Crippen molar-refractivity contribution in [1.29, 1.82) is 0 Å². The fraction of sp³-hybridized carbons (Fsp3) is 0.474. The van der Waals surface area contributed by atoms with Gasteiger partial charge in [0, 0.05) is 37.7 Å². The molecule has 10 nitrogen and oxygen atoms in total. The van der Waals surface area contributed by atoms with Crippen LogP contribution in [-0.2, 0) is 7.05 Å². The Hall–Kier alpha value is -3.30. The van der Waals surface area contributed by atoms with Gasteiger partial charge in [-0.2, -0.15) is 5.10 Å². The van der Waals surface area contributed by atoms with Crippen molar-refractivity contribution < 1.29 is 4.79 Å². The van der Waals surface area contributed by atoms with Gasteiger partial charge < -0.3 is 4.90 Å². The van der Waals surface area contributed by atoms with E-state index in [1.54, 1.807) is 23.7 Å². The third-order valence-electron chi connectivity index (χ3n) is 5.28. The minimum absolute atomic E-state index is 0.0187. The van der Waals surface area contributed by atoms with Gasteiger partial charge in [0.15, 0.2) is 0 Å². The second kappa shape index (κ2) is 7.61. The number of piperidine rings is 1. The number of likely N-dealkylation sites (tertiary alicyclic amines) is 1. The van der Waals surface area contributed by atoms with Gasteiger partial charge in [0.05, 0.1) is 5.69 Å². The molecule has 0 radical (unpaired) electrons. The maximum Gasteiger partial charge on any atom is 0.345 e. The number of carbonyl (C=O) groups is 1. The predicted molar refractivity (Wildman–Crippen MR) is 105 cm³/mol. The summed E-state index contributed by atoms with van der Waals surface area (Å²) in [5.41, 5.74) is 1.20. The van der Waals surface area contributed by atoms with Gasteiger partial charge in [0.1, 0.15) is 12.2 Å². The lowest BCUT2D eigenvalue weighted by Gasteiger charge is -2.32. The molecule has 0 spiro atoms. The minimum atomic E-state index is -0.118. The van der Waals surface area contributed by atoms with Crippen molar-refractivity contribution in [3.63, 3.8) is 0 Å². The SMILES string of the molecule is CC(C)n1c(C2CCCN(C(=O)c3cccc(-n4cnnn4)c3)C2)nn(C)c1=O. The van der Waals surface area contributed by atoms with Crippen molar-refractivity contribution in [2.45, 2.75) is 38.6 Å². The normalized spacial score (nSPS) is 17.1. The van der Waals surface area contributed by atoms with Crippen LogP contribution in [0.25, 0.3) is 5.69 Å². The van der Waals surface area contributed by atoms with E-state index in [2.05, 4.69) is 20.6 Å². The van der Waals surface area contributed by atoms with E-state index in [0.717, 1.165) is 24.4 Å². The highest BCUT2D eigenvalue weighted by Crippen LogP contribution is 2.27. The van der Waals surface area contributed by atoms with Crippen molar-refractivity contribution in [1.82, 2.24) is 39.5 Å². The second-order valence-corrected chi connectivity index (χ2v) is 7.62. The van der Waals surface area contributed by atoms with Crippen LogP contribution in [0.3, 0.4) is 0 Å². The summed E-state index contributed by atoms with van der Waals surface area (Å²) in [4.78, 5) is 27.4. The summed E-state index contributed by atoms with van der Waals surface area (Å²) in [6, 6.07) is 7.27. The molecule has 1 atom stereocenters. The number of amides is 1. The average Bonchev–Trinajstić information content (AvgIpc) is 3.36. The van der Waals surface area contributed by atoms with Gasteiger partial charge in [-0.3, -0.25) is 9.36 Å². The van der Waals surface area contributed by atoms with E-state index >= 15 is 0 Å². The quantitative estimate of drug-likeness (QED) is 0.655. The molecule has 0 bridgehead atoms. The van der Waals surface area contributed by atoms with Gasteiger partial charge in [0.25, 0.3) is 5.91 Å². The van der Waals surface area contributed by atoms with Crippen LogP contribution in [0.2, 0.25) is 0 Å². The Morgan fingerprint density at radius 2 is 2.10 bits per heavy atom. The highest BCUT2D eigenvalue weighted by Gasteiger charge is 2.30. The number of hydrogen-bond donors (Lipinski definition) is 0. The second-order valence-electron chi connectivity index (χ2n) is 7.62. The fourth-order valence-electron chi connectivity index (χ4n) is 3.88. The third-order valence-corrected chi connectivity index (χ3v) is 5.28. The zero-order valence-electron chi connectivity index (χ0n) is 16.8. The highest BCUT2D eigenvalue weighted by molar-refractivity contribution is 5.94. The molecule has 152 valence electrons. The standard InChI is InChI=1S/C19H24N8O2/c1-13(2)27-17(21-24(3)19(27)29)15-7-5-9-25(11-15)18(28)14-6-4-8-16(10-14)26-12-20-22-23-26/h4,6,8,10,12-13,15H,5,7,9,11H2,1-3H3. The predicted octanol–water partition coefficient (Wildman–Crippen LogP) is 1.16. The number of nitrogens with zero attached hydrogens (tertiary/aromatic N) is 8. The molecule has 0 aliphatic carbocycles. The number of hydrogen-bond acceptors (Lipinski definition) is 6. The van der Waals surface area contributed by atoms with Crippen LogP contribution in [0.15, 0.2) is 35.4 Å². The lowest BCUT2D eigenvalue weighted by atomic mass is 9.96. The van der Waals surface area contributed by atoms with Crippen LogP contribution in [-0.4, -0.2) is 58.5 Å². The molecule has 3 aromatic rings. The van der Waals surface area contributed by atoms with Crippen molar-refractivity contribution in [2.24, 2.45) is 7.05 Å². The van der Waals surface area contributed by atoms with Crippen molar-refractivity contribution in [3.8, 4) is 5.69 Å². The molecule has 29 heavy (non-hydrogen) atoms. The zero-order chi connectivity index (χ0) is 20.5. The van der Waals surface area contributed by atoms with Crippen molar-refractivity contribution >= 4 is 5.91 Å². The first kappa shape index (κ1) is 19.0. The lowest BCUT2D eigenvalue weighted by Crippen LogP contribution is -2.40. The first-order valence-electron chi connectivity index (χ1n) is 9.74. The summed E-state index contributed by atoms with van der Waals surface area (Å²) in [5, 5.41) is 15.6. The van der Waals surface area contributed by atoms with Gasteiger partial charge in [-0.1, -0.05) is 6.07 Å². The maximum atomic E-state index is 13.2. The lowest BCUT2D eigenvalue weighted by molar-refractivity contribution is 0.0702. The van der Waals surface area contributed by atoms with E-state index in [1.165, 1.54) is 15.7 Å². The first-order valence-corrected chi connectivity index (χ1v) is 9.74. The Balaban J connectivity index is 1.58. The molecular weight excluding hydrogens is 372 g/mol. The van der Waals surface area contributed by atoms with Crippen LogP contribution >= 0.6 is 0 Å². The van der Waals surface area contributed by atoms with E-state index in [9.17, 15) is 9.59 Å². The molecule has 1 unspecified atom stereocenters. The number of aromatic nitrogens is 7. The number of tetrazole rings is 1. The maximum absolute atomic E-state index is 13.2. The van der Waals surface area contributed by atoms with Crippen LogP contribution in [0.4, 0.5) is 0 Å². The molecule has 3 heterocycles. The molecule has 0 saturated carbocycles. The molecule has 1 aromatic carbocycles. The van der Waals surface area contributed by atoms with Gasteiger partial charge in [-0.05, 0) is 55.3 Å². The molecule has 0 N–H and O–H groups in total. The van der Waals surface area contributed by atoms with E-state index < -0.39 is 0 Å². The van der Waals surface area contributed by atoms with Crippen molar-refractivity contribution in [2.75, 3.05) is 13.1 Å². The Morgan fingerprint density at radius 1 is 1.28 bits per heavy atom. The zero-order valence-corrected chi connectivity index (χ0v) is 16.8. The van der Waals surface area contributed by atoms with Crippen molar-refractivity contribution in [3.05, 3.63) is 52.5 Å². The van der Waals surface area contributed by atoms with Crippen LogP contribution in [0, 0.1) is 0 Å². The molecule has 1 amide bonds. The summed E-state index contributed by atoms with van der Waals surface area (Å²) in [7, 11) is 1.67. The molecule has 1 saturated heterocycles. The van der Waals surface area contributed by atoms with Crippen LogP contribution < -0.4 is 5.69 Å². The highest BCUT2D eigenvalue weighted by atomic mass is 16.2. The Kier molecular flexibility index (Phi) is 4.99. The smallest absolute Gasteiger partial charge is 0.338 e. The van der Waals surface area contributed by atoms with Crippen LogP contribution in [0.1, 0.15) is 54.8 Å². The van der Waals surface area contributed by atoms with Gasteiger partial charge in [0.2, 0.25) is 0 Å². The average molecular weight is 396 g/mol. The largest absolute Gasteiger partial charge is 0.345 e. The summed E-state index contributed by atoms with van der Waals surface area (Å²) < 4.78 is 4.63. The Labute approximate surface area is 167 Å². The fourth-order valence-corrected chi connectivity index (χ4v) is 3.88. The summed E-state index contributed by atoms with van der Waals surface area (Å²) in [5.74, 6) is 0.748. The molecule has 4 rings (SSSR count). The minimum Gasteiger partial charge on any atom is -0.338 e. The number of aryl methyl sites for hydroxylation is 1. The molecule has 1 aliphatic heterocycles. The van der Waals surface area contributed by atoms with E-state index in [0.29, 0.717) is 18.7 Å².